The van der Waals surface area contributed by atoms with Gasteiger partial charge >= 0.3 is 12.0 Å². The van der Waals surface area contributed by atoms with Crippen molar-refractivity contribution in [2.45, 2.75) is 0 Å². The molecular formula is C15H16N2O6. The summed E-state index contributed by atoms with van der Waals surface area (Å²) in [5.41, 5.74) is 0.692. The zero-order chi connectivity index (χ0) is 17.0. The Hall–Kier alpha value is -3.03. The molecule has 1 aliphatic rings. The predicted octanol–water partition coefficient (Wildman–Crippen LogP) is 0.769. The van der Waals surface area contributed by atoms with Crippen LogP contribution in [-0.4, -0.2) is 50.7 Å². The molecule has 122 valence electrons. The van der Waals surface area contributed by atoms with E-state index >= 15 is 0 Å². The van der Waals surface area contributed by atoms with E-state index in [9.17, 15) is 14.4 Å². The Labute approximate surface area is 132 Å². The summed E-state index contributed by atoms with van der Waals surface area (Å²) in [6.45, 7) is -0.440. The van der Waals surface area contributed by atoms with Crippen molar-refractivity contribution >= 4 is 24.0 Å². The monoisotopic (exact) mass is 320 g/mol. The van der Waals surface area contributed by atoms with Gasteiger partial charge in [0.1, 0.15) is 12.2 Å². The summed E-state index contributed by atoms with van der Waals surface area (Å²) in [7, 11) is 4.19. The van der Waals surface area contributed by atoms with Crippen molar-refractivity contribution in [2.24, 2.45) is 0 Å². The van der Waals surface area contributed by atoms with Gasteiger partial charge in [0, 0.05) is 0 Å². The van der Waals surface area contributed by atoms with E-state index in [4.69, 9.17) is 9.47 Å². The second kappa shape index (κ2) is 6.82. The standard InChI is InChI=1S/C15H16N2O6/c1-21-11-5-4-9(7-12(11)22-2)6-10-14(19)17(15(20)16-10)8-13(18)23-3/h4-7H,8H2,1-3H3,(H,16,20)/b10-6+. The summed E-state index contributed by atoms with van der Waals surface area (Å²) in [6.07, 6.45) is 1.49. The van der Waals surface area contributed by atoms with E-state index in [-0.39, 0.29) is 5.70 Å². The second-order valence-electron chi connectivity index (χ2n) is 4.57. The lowest BCUT2D eigenvalue weighted by Crippen LogP contribution is -2.36. The van der Waals surface area contributed by atoms with Gasteiger partial charge < -0.3 is 19.5 Å². The Morgan fingerprint density at radius 2 is 1.87 bits per heavy atom. The summed E-state index contributed by atoms with van der Waals surface area (Å²) in [5, 5.41) is 2.42. The summed E-state index contributed by atoms with van der Waals surface area (Å²) in [6, 6.07) is 4.37. The number of ether oxygens (including phenoxy) is 3. The van der Waals surface area contributed by atoms with Crippen LogP contribution >= 0.6 is 0 Å². The van der Waals surface area contributed by atoms with Gasteiger partial charge in [-0.3, -0.25) is 9.59 Å². The number of hydrogen-bond donors (Lipinski definition) is 1. The number of nitrogens with zero attached hydrogens (tertiary/aromatic N) is 1. The molecule has 8 heteroatoms. The maximum Gasteiger partial charge on any atom is 0.329 e. The highest BCUT2D eigenvalue weighted by Crippen LogP contribution is 2.28. The number of hydrogen-bond acceptors (Lipinski definition) is 6. The van der Waals surface area contributed by atoms with Crippen molar-refractivity contribution < 1.29 is 28.6 Å². The van der Waals surface area contributed by atoms with Gasteiger partial charge in [-0.05, 0) is 23.8 Å². The van der Waals surface area contributed by atoms with Crippen molar-refractivity contribution in [1.82, 2.24) is 10.2 Å². The quantitative estimate of drug-likeness (QED) is 0.489. The number of amides is 3. The second-order valence-corrected chi connectivity index (χ2v) is 4.57. The Balaban J connectivity index is 2.25. The van der Waals surface area contributed by atoms with Crippen LogP contribution in [0.2, 0.25) is 0 Å². The number of carbonyl (C=O) groups is 3. The number of urea groups is 1. The fraction of sp³-hybridized carbons (Fsp3) is 0.267. The highest BCUT2D eigenvalue weighted by molar-refractivity contribution is 6.15. The smallest absolute Gasteiger partial charge is 0.329 e. The molecule has 0 radical (unpaired) electrons. The lowest BCUT2D eigenvalue weighted by Gasteiger charge is -2.09. The Morgan fingerprint density at radius 3 is 2.48 bits per heavy atom. The number of imide groups is 1. The minimum atomic E-state index is -0.680. The molecule has 8 nitrogen and oxygen atoms in total. The Bertz CT molecular complexity index is 683. The molecule has 0 bridgehead atoms. The van der Waals surface area contributed by atoms with Crippen LogP contribution in [-0.2, 0) is 14.3 Å². The van der Waals surface area contributed by atoms with E-state index in [1.165, 1.54) is 27.4 Å². The number of esters is 1. The summed E-state index contributed by atoms with van der Waals surface area (Å²) < 4.78 is 14.8. The molecule has 0 aromatic heterocycles. The van der Waals surface area contributed by atoms with Crippen molar-refractivity contribution in [3.63, 3.8) is 0 Å². The van der Waals surface area contributed by atoms with Gasteiger partial charge in [0.2, 0.25) is 0 Å². The molecule has 23 heavy (non-hydrogen) atoms. The SMILES string of the molecule is COC(=O)CN1C(=O)N/C(=C/c2ccc(OC)c(OC)c2)C1=O. The number of rotatable bonds is 5. The van der Waals surface area contributed by atoms with Crippen molar-refractivity contribution in [3.05, 3.63) is 29.5 Å². The van der Waals surface area contributed by atoms with Crippen LogP contribution in [0.3, 0.4) is 0 Å². The van der Waals surface area contributed by atoms with E-state index in [0.717, 1.165) is 4.90 Å². The van der Waals surface area contributed by atoms with Gasteiger partial charge in [-0.15, -0.1) is 0 Å². The molecule has 1 heterocycles. The minimum Gasteiger partial charge on any atom is -0.493 e. The van der Waals surface area contributed by atoms with Crippen molar-refractivity contribution in [2.75, 3.05) is 27.9 Å². The minimum absolute atomic E-state index is 0.0612. The Kier molecular flexibility index (Phi) is 4.85. The van der Waals surface area contributed by atoms with Gasteiger partial charge in [-0.1, -0.05) is 6.07 Å². The highest BCUT2D eigenvalue weighted by atomic mass is 16.5. The molecule has 1 saturated heterocycles. The van der Waals surface area contributed by atoms with Gasteiger partial charge in [0.15, 0.2) is 11.5 Å². The molecule has 1 N–H and O–H groups in total. The molecular weight excluding hydrogens is 304 g/mol. The van der Waals surface area contributed by atoms with Crippen LogP contribution in [0.5, 0.6) is 11.5 Å². The first-order valence-corrected chi connectivity index (χ1v) is 6.63. The maximum absolute atomic E-state index is 12.2. The largest absolute Gasteiger partial charge is 0.493 e. The zero-order valence-corrected chi connectivity index (χ0v) is 12.9. The fourth-order valence-electron chi connectivity index (χ4n) is 2.02. The molecule has 0 saturated carbocycles. The van der Waals surface area contributed by atoms with Crippen molar-refractivity contribution in [1.29, 1.82) is 0 Å². The summed E-state index contributed by atoms with van der Waals surface area (Å²) >= 11 is 0. The maximum atomic E-state index is 12.2. The highest BCUT2D eigenvalue weighted by Gasteiger charge is 2.35. The Morgan fingerprint density at radius 1 is 1.17 bits per heavy atom. The summed E-state index contributed by atoms with van der Waals surface area (Å²) in [4.78, 5) is 35.9. The van der Waals surface area contributed by atoms with E-state index in [1.807, 2.05) is 0 Å². The van der Waals surface area contributed by atoms with E-state index in [1.54, 1.807) is 18.2 Å². The average Bonchev–Trinajstić information content (AvgIpc) is 2.82. The molecule has 1 aromatic carbocycles. The molecule has 0 spiro atoms. The average molecular weight is 320 g/mol. The molecule has 0 unspecified atom stereocenters. The molecule has 3 amide bonds. The summed E-state index contributed by atoms with van der Waals surface area (Å²) in [5.74, 6) is -0.246. The van der Waals surface area contributed by atoms with Crippen LogP contribution in [0.1, 0.15) is 5.56 Å². The molecule has 2 rings (SSSR count). The lowest BCUT2D eigenvalue weighted by molar-refractivity contribution is -0.143. The van der Waals surface area contributed by atoms with Gasteiger partial charge in [0.05, 0.1) is 21.3 Å². The fourth-order valence-corrected chi connectivity index (χ4v) is 2.02. The van der Waals surface area contributed by atoms with Crippen LogP contribution in [0.15, 0.2) is 23.9 Å². The predicted molar refractivity (Wildman–Crippen MR) is 79.8 cm³/mol. The zero-order valence-electron chi connectivity index (χ0n) is 12.9. The first-order valence-electron chi connectivity index (χ1n) is 6.63. The third kappa shape index (κ3) is 3.42. The lowest BCUT2D eigenvalue weighted by atomic mass is 10.1. The first-order chi connectivity index (χ1) is 11.0. The normalized spacial score (nSPS) is 15.6. The van der Waals surface area contributed by atoms with E-state index in [0.29, 0.717) is 17.1 Å². The van der Waals surface area contributed by atoms with Crippen LogP contribution in [0.4, 0.5) is 4.79 Å². The molecule has 1 fully saturated rings. The molecule has 0 atom stereocenters. The van der Waals surface area contributed by atoms with E-state index in [2.05, 4.69) is 10.1 Å². The molecule has 1 aromatic rings. The van der Waals surface area contributed by atoms with Gasteiger partial charge in [0.25, 0.3) is 5.91 Å². The third-order valence-electron chi connectivity index (χ3n) is 3.20. The molecule has 1 aliphatic heterocycles. The number of carbonyl (C=O) groups excluding carboxylic acids is 3. The van der Waals surface area contributed by atoms with Gasteiger partial charge in [-0.25, -0.2) is 9.69 Å². The number of methoxy groups -OCH3 is 3. The van der Waals surface area contributed by atoms with Gasteiger partial charge in [-0.2, -0.15) is 0 Å². The van der Waals surface area contributed by atoms with Crippen LogP contribution in [0.25, 0.3) is 6.08 Å². The third-order valence-corrected chi connectivity index (χ3v) is 3.20. The van der Waals surface area contributed by atoms with Crippen molar-refractivity contribution in [3.8, 4) is 11.5 Å². The van der Waals surface area contributed by atoms with E-state index < -0.39 is 24.5 Å². The van der Waals surface area contributed by atoms with Crippen LogP contribution < -0.4 is 14.8 Å². The first kappa shape index (κ1) is 16.3. The topological polar surface area (TPSA) is 94.2 Å². The van der Waals surface area contributed by atoms with Crippen LogP contribution in [0, 0.1) is 0 Å². The molecule has 0 aliphatic carbocycles. The number of benzene rings is 1. The number of nitrogens with one attached hydrogen (secondary N) is 1.